The maximum atomic E-state index is 13.2. The fourth-order valence-electron chi connectivity index (χ4n) is 1.49. The first-order chi connectivity index (χ1) is 13.5. The van der Waals surface area contributed by atoms with E-state index < -0.39 is 59.5 Å². The maximum absolute atomic E-state index is 13.2. The van der Waals surface area contributed by atoms with Gasteiger partial charge in [0, 0.05) is 0 Å². The van der Waals surface area contributed by atoms with E-state index in [9.17, 15) is 88.2 Å². The highest BCUT2D eigenvalue weighted by Gasteiger charge is 2.97. The van der Waals surface area contributed by atoms with Gasteiger partial charge in [0.05, 0.1) is 0 Å². The van der Waals surface area contributed by atoms with E-state index in [0.29, 0.717) is 0 Å². The number of carboxylic acid groups (broad SMARTS) is 1. The molecule has 0 spiro atoms. The summed E-state index contributed by atoms with van der Waals surface area (Å²) in [7, 11) is 0. The van der Waals surface area contributed by atoms with E-state index in [1.807, 2.05) is 5.11 Å². The molecule has 186 valence electrons. The summed E-state index contributed by atoms with van der Waals surface area (Å²) in [5.41, 5.74) is 0. The normalized spacial score (nSPS) is 16.8. The van der Waals surface area contributed by atoms with Gasteiger partial charge in [-0.3, -0.25) is 0 Å². The molecule has 0 amide bonds. The molecule has 0 radical (unpaired) electrons. The van der Waals surface area contributed by atoms with Crippen LogP contribution in [0.5, 0.6) is 0 Å². The Hall–Kier alpha value is -1.86. The van der Waals surface area contributed by atoms with Crippen LogP contribution < -0.4 is 0 Å². The summed E-state index contributed by atoms with van der Waals surface area (Å²) >= 11 is 0. The van der Waals surface area contributed by atoms with E-state index in [1.54, 1.807) is 0 Å². The van der Waals surface area contributed by atoms with Gasteiger partial charge >= 0.3 is 59.5 Å². The quantitative estimate of drug-likeness (QED) is 0.421. The molecule has 0 aromatic carbocycles. The van der Waals surface area contributed by atoms with E-state index >= 15 is 0 Å². The number of halogens is 19. The van der Waals surface area contributed by atoms with Crippen LogP contribution in [0.1, 0.15) is 0 Å². The number of alkyl halides is 19. The molecule has 0 bridgehead atoms. The second kappa shape index (κ2) is 6.82. The van der Waals surface area contributed by atoms with Gasteiger partial charge in [-0.15, -0.1) is 0 Å². The standard InChI is InChI=1S/C10HF19O2/c11-2(12,1(30)31)3(13,14)4(15,16)5(17,18)6(19,20)7(21,22)8(23,24)9(25,26)10(27,28)29/h(H,30,31)/i/hD. The van der Waals surface area contributed by atoms with Gasteiger partial charge in [0.1, 0.15) is 0 Å². The monoisotopic (exact) mass is 515 g/mol. The van der Waals surface area contributed by atoms with Crippen molar-refractivity contribution < 1.29 is 93.3 Å². The third kappa shape index (κ3) is 3.32. The van der Waals surface area contributed by atoms with Gasteiger partial charge < -0.3 is 5.11 Å². The van der Waals surface area contributed by atoms with Gasteiger partial charge in [-0.25, -0.2) is 4.79 Å². The van der Waals surface area contributed by atoms with Crippen LogP contribution in [0.3, 0.4) is 0 Å². The van der Waals surface area contributed by atoms with Crippen molar-refractivity contribution in [1.29, 1.82) is 1.43 Å². The Labute approximate surface area is 156 Å². The van der Waals surface area contributed by atoms with Gasteiger partial charge in [-0.1, -0.05) is 0 Å². The zero-order valence-corrected chi connectivity index (χ0v) is 13.0. The second-order valence-electron chi connectivity index (χ2n) is 5.38. The summed E-state index contributed by atoms with van der Waals surface area (Å²) in [6.45, 7) is 0. The lowest BCUT2D eigenvalue weighted by Crippen LogP contribution is -2.76. The summed E-state index contributed by atoms with van der Waals surface area (Å²) in [4.78, 5) is 10.2. The zero-order chi connectivity index (χ0) is 26.8. The number of hydrogen-bond donors (Lipinski definition) is 1. The fraction of sp³-hybridized carbons (Fsp3) is 0.900. The number of hydrogen-bond acceptors (Lipinski definition) is 2. The van der Waals surface area contributed by atoms with Crippen LogP contribution in [0, 0.1) is 0 Å². The molecule has 0 heterocycles. The van der Waals surface area contributed by atoms with Crippen molar-refractivity contribution in [1.82, 2.24) is 0 Å². The molecule has 21 heteroatoms. The first-order valence-corrected chi connectivity index (χ1v) is 6.25. The van der Waals surface area contributed by atoms with Crippen LogP contribution in [0.4, 0.5) is 83.4 Å². The molecular weight excluding hydrogens is 513 g/mol. The van der Waals surface area contributed by atoms with Crippen molar-refractivity contribution in [2.24, 2.45) is 0 Å². The number of rotatable bonds is 8. The molecule has 31 heavy (non-hydrogen) atoms. The van der Waals surface area contributed by atoms with E-state index in [2.05, 4.69) is 0 Å². The topological polar surface area (TPSA) is 37.3 Å². The lowest BCUT2D eigenvalue weighted by atomic mass is 9.87. The van der Waals surface area contributed by atoms with Crippen molar-refractivity contribution in [3.63, 3.8) is 0 Å². The zero-order valence-electron chi connectivity index (χ0n) is 14.0. The Morgan fingerprint density at radius 2 is 0.677 bits per heavy atom. The summed E-state index contributed by atoms with van der Waals surface area (Å²) < 4.78 is 249. The van der Waals surface area contributed by atoms with Crippen LogP contribution in [0.2, 0.25) is 0 Å². The van der Waals surface area contributed by atoms with Crippen molar-refractivity contribution in [2.45, 2.75) is 53.6 Å². The summed E-state index contributed by atoms with van der Waals surface area (Å²) in [6.07, 6.45) is -7.96. The number of carboxylic acids is 1. The van der Waals surface area contributed by atoms with Crippen LogP contribution in [0.15, 0.2) is 0 Å². The van der Waals surface area contributed by atoms with Gasteiger partial charge in [0.25, 0.3) is 1.43 Å². The smallest absolute Gasteiger partial charge is 0.460 e. The fourth-order valence-corrected chi connectivity index (χ4v) is 1.49. The third-order valence-electron chi connectivity index (χ3n) is 3.37. The summed E-state index contributed by atoms with van der Waals surface area (Å²) in [5, 5.41) is 2.02. The summed E-state index contributed by atoms with van der Waals surface area (Å²) in [6, 6.07) is 0. The van der Waals surface area contributed by atoms with E-state index in [1.165, 1.54) is 0 Å². The SMILES string of the molecule is [2H]OC(=O)C(F)(F)C(F)(F)C(F)(F)C(F)(F)C(F)(F)C(F)(F)C(F)(F)C(F)(F)C(F)(F)F. The van der Waals surface area contributed by atoms with Crippen molar-refractivity contribution in [3.8, 4) is 0 Å². The second-order valence-corrected chi connectivity index (χ2v) is 5.38. The van der Waals surface area contributed by atoms with Crippen LogP contribution in [-0.2, 0) is 4.79 Å². The minimum atomic E-state index is -9.06. The molecule has 0 aromatic heterocycles. The molecular formula is C10HF19O2. The minimum absolute atomic E-state index is 2.02. The predicted octanol–water partition coefficient (Wildman–Crippen LogP) is 5.72. The molecule has 0 saturated carbocycles. The van der Waals surface area contributed by atoms with E-state index in [-0.39, 0.29) is 0 Å². The predicted molar refractivity (Wildman–Crippen MR) is 53.3 cm³/mol. The highest BCUT2D eigenvalue weighted by Crippen LogP contribution is 2.65. The Kier molecular flexibility index (Phi) is 5.98. The molecule has 2 nitrogen and oxygen atoms in total. The van der Waals surface area contributed by atoms with Crippen molar-refractivity contribution in [2.75, 3.05) is 0 Å². The molecule has 0 aromatic rings. The molecule has 0 saturated heterocycles. The highest BCUT2D eigenvalue weighted by molar-refractivity contribution is 5.77. The van der Waals surface area contributed by atoms with Gasteiger partial charge in [-0.05, 0) is 0 Å². The third-order valence-corrected chi connectivity index (χ3v) is 3.37. The van der Waals surface area contributed by atoms with Crippen molar-refractivity contribution in [3.05, 3.63) is 0 Å². The summed E-state index contributed by atoms with van der Waals surface area (Å²) in [5.74, 6) is -73.0. The molecule has 0 atom stereocenters. The Bertz CT molecular complexity index is 722. The van der Waals surface area contributed by atoms with Gasteiger partial charge in [0.15, 0.2) is 0 Å². The minimum Gasteiger partial charge on any atom is -0.477 e. The molecule has 0 aliphatic rings. The lowest BCUT2D eigenvalue weighted by molar-refractivity contribution is -0.467. The van der Waals surface area contributed by atoms with Crippen LogP contribution >= 0.6 is 0 Å². The first kappa shape index (κ1) is 27.2. The highest BCUT2D eigenvalue weighted by atomic mass is 19.4. The van der Waals surface area contributed by atoms with Crippen LogP contribution in [0.25, 0.3) is 1.43 Å². The molecule has 0 aliphatic carbocycles. The first-order valence-electron chi connectivity index (χ1n) is 6.66. The van der Waals surface area contributed by atoms with Crippen LogP contribution in [-0.4, -0.2) is 64.6 Å². The Balaban J connectivity index is 6.96. The molecule has 1 N–H and O–H groups in total. The molecule has 0 aliphatic heterocycles. The van der Waals surface area contributed by atoms with E-state index in [0.717, 1.165) is 0 Å². The molecule has 0 rings (SSSR count). The average Bonchev–Trinajstić information content (AvgIpc) is 2.58. The average molecular weight is 515 g/mol. The van der Waals surface area contributed by atoms with Gasteiger partial charge in [0.2, 0.25) is 0 Å². The largest absolute Gasteiger partial charge is 0.477 e. The lowest BCUT2D eigenvalue weighted by Gasteiger charge is -2.43. The number of aliphatic carboxylic acids is 1. The van der Waals surface area contributed by atoms with Gasteiger partial charge in [-0.2, -0.15) is 83.4 Å². The molecule has 0 unspecified atom stereocenters. The van der Waals surface area contributed by atoms with Crippen molar-refractivity contribution >= 4 is 5.97 Å². The Morgan fingerprint density at radius 3 is 0.903 bits per heavy atom. The Morgan fingerprint density at radius 1 is 0.452 bits per heavy atom. The number of carbonyl (C=O) groups is 1. The molecule has 0 fully saturated rings. The van der Waals surface area contributed by atoms with E-state index in [4.69, 9.17) is 1.43 Å². The maximum Gasteiger partial charge on any atom is 0.460 e.